The zero-order valence-corrected chi connectivity index (χ0v) is 15.3. The van der Waals surface area contributed by atoms with Gasteiger partial charge in [-0.25, -0.2) is 13.1 Å². The first kappa shape index (κ1) is 19.4. The molecule has 6 nitrogen and oxygen atoms in total. The first-order valence-electron chi connectivity index (χ1n) is 8.28. The highest BCUT2D eigenvalue weighted by Crippen LogP contribution is 2.30. The van der Waals surface area contributed by atoms with Crippen LogP contribution in [0, 0.1) is 0 Å². The number of rotatable bonds is 5. The molecule has 1 aromatic carbocycles. The van der Waals surface area contributed by atoms with Crippen molar-refractivity contribution in [1.29, 1.82) is 0 Å². The summed E-state index contributed by atoms with van der Waals surface area (Å²) >= 11 is 0. The van der Waals surface area contributed by atoms with Crippen LogP contribution in [0.15, 0.2) is 40.2 Å². The number of nitrogens with zero attached hydrogens (tertiary/aromatic N) is 2. The van der Waals surface area contributed by atoms with Gasteiger partial charge < -0.3 is 5.32 Å². The molecule has 0 atom stereocenters. The zero-order valence-electron chi connectivity index (χ0n) is 14.5. The van der Waals surface area contributed by atoms with Crippen LogP contribution < -0.4 is 10.9 Å². The van der Waals surface area contributed by atoms with Gasteiger partial charge in [0.2, 0.25) is 0 Å². The third kappa shape index (κ3) is 4.49. The van der Waals surface area contributed by atoms with Gasteiger partial charge in [0.05, 0.1) is 11.1 Å². The molecule has 1 aliphatic rings. The summed E-state index contributed by atoms with van der Waals surface area (Å²) in [5, 5.41) is 6.67. The summed E-state index contributed by atoms with van der Waals surface area (Å²) < 4.78 is 61.6. The van der Waals surface area contributed by atoms with E-state index < -0.39 is 28.1 Å². The molecule has 2 aromatic rings. The third-order valence-electron chi connectivity index (χ3n) is 4.42. The summed E-state index contributed by atoms with van der Waals surface area (Å²) in [6.45, 7) is -1.47. The number of benzene rings is 1. The molecule has 1 N–H and O–H groups in total. The van der Waals surface area contributed by atoms with Crippen molar-refractivity contribution >= 4 is 15.5 Å². The number of sulfone groups is 1. The van der Waals surface area contributed by atoms with Crippen molar-refractivity contribution in [2.45, 2.75) is 42.9 Å². The highest BCUT2D eigenvalue weighted by molar-refractivity contribution is 7.90. The number of anilines is 1. The number of hydrogen-bond acceptors (Lipinski definition) is 5. The lowest BCUT2D eigenvalue weighted by Gasteiger charge is -2.28. The molecule has 0 saturated heterocycles. The van der Waals surface area contributed by atoms with Crippen molar-refractivity contribution in [3.8, 4) is 11.1 Å². The van der Waals surface area contributed by atoms with E-state index in [0.717, 1.165) is 25.5 Å². The molecule has 1 aliphatic carbocycles. The van der Waals surface area contributed by atoms with Crippen LogP contribution in [0.2, 0.25) is 0 Å². The number of nitrogens with one attached hydrogen (secondary N) is 1. The fraction of sp³-hybridized carbons (Fsp3) is 0.412. The molecule has 1 fully saturated rings. The summed E-state index contributed by atoms with van der Waals surface area (Å²) in [5.41, 5.74) is 0.0216. The van der Waals surface area contributed by atoms with Gasteiger partial charge in [-0.05, 0) is 37.0 Å². The fourth-order valence-corrected chi connectivity index (χ4v) is 3.40. The SMILES string of the molecule is CS(=O)(=O)c1ccc(-c2cnn(CC(F)(F)F)c(=O)c2NC2CCC2)cc1. The lowest BCUT2D eigenvalue weighted by atomic mass is 9.92. The molecule has 0 spiro atoms. The molecular formula is C17H18F3N3O3S. The van der Waals surface area contributed by atoms with E-state index in [1.54, 1.807) is 0 Å². The van der Waals surface area contributed by atoms with Gasteiger partial charge >= 0.3 is 6.18 Å². The maximum absolute atomic E-state index is 12.7. The summed E-state index contributed by atoms with van der Waals surface area (Å²) in [4.78, 5) is 12.7. The Morgan fingerprint density at radius 3 is 2.33 bits per heavy atom. The Bertz CT molecular complexity index is 995. The van der Waals surface area contributed by atoms with Gasteiger partial charge in [0.15, 0.2) is 9.84 Å². The summed E-state index contributed by atoms with van der Waals surface area (Å²) in [7, 11) is -3.38. The molecule has 27 heavy (non-hydrogen) atoms. The van der Waals surface area contributed by atoms with Gasteiger partial charge in [-0.15, -0.1) is 0 Å². The van der Waals surface area contributed by atoms with E-state index >= 15 is 0 Å². The first-order chi connectivity index (χ1) is 12.5. The topological polar surface area (TPSA) is 81.1 Å². The van der Waals surface area contributed by atoms with Crippen molar-refractivity contribution in [3.05, 3.63) is 40.8 Å². The predicted molar refractivity (Wildman–Crippen MR) is 94.4 cm³/mol. The summed E-state index contributed by atoms with van der Waals surface area (Å²) in [5.74, 6) is 0. The average molecular weight is 401 g/mol. The van der Waals surface area contributed by atoms with E-state index in [2.05, 4.69) is 10.4 Å². The molecule has 10 heteroatoms. The molecule has 0 unspecified atom stereocenters. The van der Waals surface area contributed by atoms with E-state index in [0.29, 0.717) is 15.8 Å². The number of aromatic nitrogens is 2. The monoisotopic (exact) mass is 401 g/mol. The minimum atomic E-state index is -4.57. The smallest absolute Gasteiger partial charge is 0.377 e. The second-order valence-corrected chi connectivity index (χ2v) is 8.60. The Morgan fingerprint density at radius 2 is 1.85 bits per heavy atom. The Kier molecular flexibility index (Phi) is 5.02. The average Bonchev–Trinajstić information content (AvgIpc) is 2.52. The van der Waals surface area contributed by atoms with Gasteiger partial charge in [-0.3, -0.25) is 4.79 Å². The van der Waals surface area contributed by atoms with Crippen molar-refractivity contribution in [1.82, 2.24) is 9.78 Å². The van der Waals surface area contributed by atoms with Gasteiger partial charge in [0.1, 0.15) is 12.2 Å². The lowest BCUT2D eigenvalue weighted by molar-refractivity contribution is -0.143. The van der Waals surface area contributed by atoms with Crippen LogP contribution in [-0.2, 0) is 16.4 Å². The second-order valence-electron chi connectivity index (χ2n) is 6.58. The van der Waals surface area contributed by atoms with Crippen LogP contribution in [0.25, 0.3) is 11.1 Å². The quantitative estimate of drug-likeness (QED) is 0.833. The predicted octanol–water partition coefficient (Wildman–Crippen LogP) is 2.84. The van der Waals surface area contributed by atoms with Crippen LogP contribution in [0.5, 0.6) is 0 Å². The van der Waals surface area contributed by atoms with Crippen LogP contribution in [0.4, 0.5) is 18.9 Å². The zero-order chi connectivity index (χ0) is 19.8. The molecule has 1 saturated carbocycles. The number of hydrogen-bond donors (Lipinski definition) is 1. The van der Waals surface area contributed by atoms with Gasteiger partial charge in [0.25, 0.3) is 5.56 Å². The molecule has 146 valence electrons. The lowest BCUT2D eigenvalue weighted by Crippen LogP contribution is -2.36. The minimum absolute atomic E-state index is 0.0217. The third-order valence-corrected chi connectivity index (χ3v) is 5.55. The Balaban J connectivity index is 2.05. The van der Waals surface area contributed by atoms with Gasteiger partial charge in [-0.1, -0.05) is 12.1 Å². The molecule has 1 heterocycles. The van der Waals surface area contributed by atoms with Crippen LogP contribution >= 0.6 is 0 Å². The van der Waals surface area contributed by atoms with Gasteiger partial charge in [0, 0.05) is 17.9 Å². The summed E-state index contributed by atoms with van der Waals surface area (Å²) in [6.07, 6.45) is 0.344. The molecule has 0 bridgehead atoms. The van der Waals surface area contributed by atoms with E-state index in [1.807, 2.05) is 0 Å². The van der Waals surface area contributed by atoms with Crippen molar-refractivity contribution in [2.24, 2.45) is 0 Å². The van der Waals surface area contributed by atoms with Crippen molar-refractivity contribution in [3.63, 3.8) is 0 Å². The van der Waals surface area contributed by atoms with Crippen LogP contribution in [0.1, 0.15) is 19.3 Å². The maximum Gasteiger partial charge on any atom is 0.408 e. The Morgan fingerprint density at radius 1 is 1.22 bits per heavy atom. The molecule has 0 radical (unpaired) electrons. The molecule has 0 amide bonds. The van der Waals surface area contributed by atoms with Crippen LogP contribution in [-0.4, -0.2) is 36.7 Å². The van der Waals surface area contributed by atoms with Crippen molar-refractivity contribution < 1.29 is 21.6 Å². The highest BCUT2D eigenvalue weighted by atomic mass is 32.2. The molecule has 1 aromatic heterocycles. The highest BCUT2D eigenvalue weighted by Gasteiger charge is 2.30. The van der Waals surface area contributed by atoms with Crippen molar-refractivity contribution in [2.75, 3.05) is 11.6 Å². The number of halogens is 3. The standard InChI is InChI=1S/C17H18F3N3O3S/c1-27(25,26)13-7-5-11(6-8-13)14-9-21-23(10-17(18,19)20)16(24)15(14)22-12-3-2-4-12/h5-9,12,22H,2-4,10H2,1H3. The molecular weight excluding hydrogens is 383 g/mol. The number of alkyl halides is 3. The maximum atomic E-state index is 12.7. The van der Waals surface area contributed by atoms with E-state index in [4.69, 9.17) is 0 Å². The minimum Gasteiger partial charge on any atom is -0.377 e. The summed E-state index contributed by atoms with van der Waals surface area (Å²) in [6, 6.07) is 5.81. The Labute approximate surface area is 153 Å². The largest absolute Gasteiger partial charge is 0.408 e. The van der Waals surface area contributed by atoms with E-state index in [-0.39, 0.29) is 16.6 Å². The Hall–Kier alpha value is -2.36. The molecule has 3 rings (SSSR count). The van der Waals surface area contributed by atoms with Crippen LogP contribution in [0.3, 0.4) is 0 Å². The fourth-order valence-electron chi connectivity index (χ4n) is 2.77. The second kappa shape index (κ2) is 6.99. The molecule has 0 aliphatic heterocycles. The first-order valence-corrected chi connectivity index (χ1v) is 10.2. The normalized spacial score (nSPS) is 15.4. The van der Waals surface area contributed by atoms with Gasteiger partial charge in [-0.2, -0.15) is 18.3 Å². The van der Waals surface area contributed by atoms with E-state index in [9.17, 15) is 26.4 Å². The van der Waals surface area contributed by atoms with E-state index in [1.165, 1.54) is 30.5 Å².